The fraction of sp³-hybridized carbons (Fsp3) is 0.538. The summed E-state index contributed by atoms with van der Waals surface area (Å²) in [5, 5.41) is 9.41. The largest absolute Gasteiger partial charge is 0.416 e. The monoisotopic (exact) mass is 259 g/mol. The van der Waals surface area contributed by atoms with Gasteiger partial charge in [-0.05, 0) is 43.6 Å². The van der Waals surface area contributed by atoms with Gasteiger partial charge in [0.25, 0.3) is 0 Å². The minimum absolute atomic E-state index is 0.0641. The molecule has 0 amide bonds. The van der Waals surface area contributed by atoms with Gasteiger partial charge in [0, 0.05) is 0 Å². The van der Waals surface area contributed by atoms with E-state index in [1.807, 2.05) is 0 Å². The van der Waals surface area contributed by atoms with E-state index in [0.29, 0.717) is 0 Å². The van der Waals surface area contributed by atoms with Crippen LogP contribution in [0.4, 0.5) is 13.2 Å². The third-order valence-corrected chi connectivity index (χ3v) is 3.38. The van der Waals surface area contributed by atoms with Gasteiger partial charge in [-0.1, -0.05) is 12.1 Å². The highest BCUT2D eigenvalue weighted by Crippen LogP contribution is 2.31. The summed E-state index contributed by atoms with van der Waals surface area (Å²) in [6, 6.07) is 4.89. The fourth-order valence-electron chi connectivity index (χ4n) is 2.38. The van der Waals surface area contributed by atoms with Gasteiger partial charge in [0.2, 0.25) is 0 Å². The van der Waals surface area contributed by atoms with Gasteiger partial charge < -0.3 is 5.11 Å². The number of hydrogen-bond donors (Lipinski definition) is 1. The van der Waals surface area contributed by atoms with Crippen LogP contribution in [0, 0.1) is 0 Å². The van der Waals surface area contributed by atoms with E-state index in [9.17, 15) is 18.3 Å². The van der Waals surface area contributed by atoms with Crippen LogP contribution in [0.15, 0.2) is 24.3 Å². The van der Waals surface area contributed by atoms with Crippen LogP contribution in [0.25, 0.3) is 0 Å². The van der Waals surface area contributed by atoms with Gasteiger partial charge in [0.05, 0.1) is 18.2 Å². The Morgan fingerprint density at radius 3 is 2.11 bits per heavy atom. The molecule has 1 N–H and O–H groups in total. The second-order valence-electron chi connectivity index (χ2n) is 4.56. The molecular weight excluding hydrogens is 243 g/mol. The summed E-state index contributed by atoms with van der Waals surface area (Å²) < 4.78 is 37.3. The zero-order valence-corrected chi connectivity index (χ0v) is 9.95. The van der Waals surface area contributed by atoms with E-state index >= 15 is 0 Å². The number of aliphatic hydroxyl groups is 1. The third-order valence-electron chi connectivity index (χ3n) is 3.38. The van der Waals surface area contributed by atoms with E-state index in [-0.39, 0.29) is 12.6 Å². The molecule has 1 saturated heterocycles. The van der Waals surface area contributed by atoms with E-state index in [2.05, 4.69) is 4.90 Å². The molecule has 1 aliphatic heterocycles. The van der Waals surface area contributed by atoms with Gasteiger partial charge in [-0.15, -0.1) is 0 Å². The van der Waals surface area contributed by atoms with Crippen molar-refractivity contribution in [3.8, 4) is 0 Å². The van der Waals surface area contributed by atoms with Gasteiger partial charge in [-0.2, -0.15) is 13.2 Å². The molecule has 5 heteroatoms. The van der Waals surface area contributed by atoms with Crippen molar-refractivity contribution < 1.29 is 18.3 Å². The normalized spacial score (nSPS) is 19.1. The van der Waals surface area contributed by atoms with Crippen LogP contribution in [0.2, 0.25) is 0 Å². The van der Waals surface area contributed by atoms with Crippen LogP contribution < -0.4 is 0 Å². The van der Waals surface area contributed by atoms with Crippen molar-refractivity contribution in [2.24, 2.45) is 0 Å². The first-order valence-corrected chi connectivity index (χ1v) is 6.04. The molecule has 1 unspecified atom stereocenters. The minimum atomic E-state index is -4.30. The zero-order chi connectivity index (χ0) is 13.2. The van der Waals surface area contributed by atoms with Crippen molar-refractivity contribution in [3.05, 3.63) is 35.4 Å². The van der Waals surface area contributed by atoms with E-state index in [1.165, 1.54) is 12.1 Å². The lowest BCUT2D eigenvalue weighted by Crippen LogP contribution is -2.28. The van der Waals surface area contributed by atoms with Crippen LogP contribution in [-0.4, -0.2) is 29.7 Å². The molecular formula is C13H16F3NO. The predicted molar refractivity (Wildman–Crippen MR) is 62.1 cm³/mol. The Bertz CT molecular complexity index is 382. The molecule has 2 nitrogen and oxygen atoms in total. The average Bonchev–Trinajstić information content (AvgIpc) is 2.83. The molecule has 18 heavy (non-hydrogen) atoms. The summed E-state index contributed by atoms with van der Waals surface area (Å²) in [6.07, 6.45) is -2.14. The van der Waals surface area contributed by atoms with Crippen LogP contribution in [0.1, 0.15) is 30.0 Å². The summed E-state index contributed by atoms with van der Waals surface area (Å²) >= 11 is 0. The number of nitrogens with zero attached hydrogens (tertiary/aromatic N) is 1. The first-order valence-electron chi connectivity index (χ1n) is 6.04. The molecule has 2 rings (SSSR count). The Labute approximate surface area is 104 Å². The van der Waals surface area contributed by atoms with Crippen LogP contribution in [0.5, 0.6) is 0 Å². The van der Waals surface area contributed by atoms with Crippen molar-refractivity contribution in [1.82, 2.24) is 4.90 Å². The van der Waals surface area contributed by atoms with E-state index in [0.717, 1.165) is 43.6 Å². The second-order valence-corrected chi connectivity index (χ2v) is 4.56. The van der Waals surface area contributed by atoms with Crippen molar-refractivity contribution in [2.45, 2.75) is 25.1 Å². The molecule has 0 aliphatic carbocycles. The molecule has 1 fully saturated rings. The van der Waals surface area contributed by atoms with Gasteiger partial charge >= 0.3 is 6.18 Å². The third kappa shape index (κ3) is 2.84. The van der Waals surface area contributed by atoms with Crippen LogP contribution >= 0.6 is 0 Å². The van der Waals surface area contributed by atoms with Gasteiger partial charge in [-0.3, -0.25) is 4.90 Å². The number of aliphatic hydroxyl groups excluding tert-OH is 1. The van der Waals surface area contributed by atoms with Crippen LogP contribution in [0.3, 0.4) is 0 Å². The Hall–Kier alpha value is -1.07. The summed E-state index contributed by atoms with van der Waals surface area (Å²) in [4.78, 5) is 2.11. The maximum atomic E-state index is 12.4. The molecule has 0 radical (unpaired) electrons. The van der Waals surface area contributed by atoms with Gasteiger partial charge in [0.1, 0.15) is 0 Å². The molecule has 1 heterocycles. The number of rotatable bonds is 3. The molecule has 1 atom stereocenters. The van der Waals surface area contributed by atoms with Crippen LogP contribution in [-0.2, 0) is 6.18 Å². The van der Waals surface area contributed by atoms with E-state index < -0.39 is 11.7 Å². The fourth-order valence-corrected chi connectivity index (χ4v) is 2.38. The standard InChI is InChI=1S/C13H16F3NO/c14-13(15,16)11-5-3-10(4-6-11)12(9-18)17-7-1-2-8-17/h3-6,12,18H,1-2,7-9H2. The lowest BCUT2D eigenvalue weighted by Gasteiger charge is -2.26. The molecule has 1 aromatic carbocycles. The first kappa shape index (κ1) is 13.4. The smallest absolute Gasteiger partial charge is 0.394 e. The summed E-state index contributed by atoms with van der Waals surface area (Å²) in [5.74, 6) is 0. The molecule has 0 bridgehead atoms. The quantitative estimate of drug-likeness (QED) is 0.902. The first-order chi connectivity index (χ1) is 8.52. The minimum Gasteiger partial charge on any atom is -0.394 e. The zero-order valence-electron chi connectivity index (χ0n) is 9.95. The number of benzene rings is 1. The molecule has 0 saturated carbocycles. The Kier molecular flexibility index (Phi) is 3.92. The SMILES string of the molecule is OCC(c1ccc(C(F)(F)F)cc1)N1CCCC1. The Morgan fingerprint density at radius 1 is 1.11 bits per heavy atom. The summed E-state index contributed by atoms with van der Waals surface area (Å²) in [5.41, 5.74) is 0.0942. The second kappa shape index (κ2) is 5.28. The maximum Gasteiger partial charge on any atom is 0.416 e. The highest BCUT2D eigenvalue weighted by Gasteiger charge is 2.30. The molecule has 1 aliphatic rings. The summed E-state index contributed by atoms with van der Waals surface area (Å²) in [7, 11) is 0. The van der Waals surface area contributed by atoms with Crippen molar-refractivity contribution in [2.75, 3.05) is 19.7 Å². The van der Waals surface area contributed by atoms with Gasteiger partial charge in [0.15, 0.2) is 0 Å². The molecule has 1 aromatic rings. The van der Waals surface area contributed by atoms with Crippen molar-refractivity contribution in [3.63, 3.8) is 0 Å². The number of alkyl halides is 3. The number of likely N-dealkylation sites (tertiary alicyclic amines) is 1. The maximum absolute atomic E-state index is 12.4. The van der Waals surface area contributed by atoms with Crippen molar-refractivity contribution >= 4 is 0 Å². The topological polar surface area (TPSA) is 23.5 Å². The van der Waals surface area contributed by atoms with Gasteiger partial charge in [-0.25, -0.2) is 0 Å². The Morgan fingerprint density at radius 2 is 1.67 bits per heavy atom. The molecule has 0 spiro atoms. The highest BCUT2D eigenvalue weighted by atomic mass is 19.4. The number of halogens is 3. The molecule has 100 valence electrons. The van der Waals surface area contributed by atoms with E-state index in [4.69, 9.17) is 0 Å². The average molecular weight is 259 g/mol. The van der Waals surface area contributed by atoms with E-state index in [1.54, 1.807) is 0 Å². The summed E-state index contributed by atoms with van der Waals surface area (Å²) in [6.45, 7) is 1.73. The lowest BCUT2D eigenvalue weighted by atomic mass is 10.0. The van der Waals surface area contributed by atoms with Crippen molar-refractivity contribution in [1.29, 1.82) is 0 Å². The Balaban J connectivity index is 2.16. The number of hydrogen-bond acceptors (Lipinski definition) is 2. The predicted octanol–water partition coefficient (Wildman–Crippen LogP) is 2.83. The lowest BCUT2D eigenvalue weighted by molar-refractivity contribution is -0.137. The molecule has 0 aromatic heterocycles. The highest BCUT2D eigenvalue weighted by molar-refractivity contribution is 5.27.